The van der Waals surface area contributed by atoms with Crippen LogP contribution in [-0.2, 0) is 9.59 Å². The Balaban J connectivity index is 1.36. The normalized spacial score (nSPS) is 17.8. The highest BCUT2D eigenvalue weighted by atomic mass is 16.7. The molecule has 1 N–H and O–H groups in total. The van der Waals surface area contributed by atoms with Gasteiger partial charge in [0.25, 0.3) is 0 Å². The summed E-state index contributed by atoms with van der Waals surface area (Å²) in [5, 5.41) is 2.98. The summed E-state index contributed by atoms with van der Waals surface area (Å²) in [6, 6.07) is 15.5. The van der Waals surface area contributed by atoms with Crippen molar-refractivity contribution in [2.75, 3.05) is 25.2 Å². The third kappa shape index (κ3) is 4.68. The predicted octanol–water partition coefficient (Wildman–Crippen LogP) is 4.42. The second-order valence-corrected chi connectivity index (χ2v) is 8.43. The maximum Gasteiger partial charge on any atom is 0.231 e. The van der Waals surface area contributed by atoms with E-state index in [-0.39, 0.29) is 36.4 Å². The van der Waals surface area contributed by atoms with Crippen LogP contribution in [0, 0.1) is 11.8 Å². The smallest absolute Gasteiger partial charge is 0.231 e. The summed E-state index contributed by atoms with van der Waals surface area (Å²) >= 11 is 0. The topological polar surface area (TPSA) is 67.9 Å². The maximum absolute atomic E-state index is 13.4. The molecule has 6 heteroatoms. The summed E-state index contributed by atoms with van der Waals surface area (Å²) in [6.07, 6.45) is 2.29. The van der Waals surface area contributed by atoms with Gasteiger partial charge in [-0.25, -0.2) is 0 Å². The van der Waals surface area contributed by atoms with E-state index in [2.05, 4.69) is 19.2 Å². The lowest BCUT2D eigenvalue weighted by Crippen LogP contribution is -2.44. The van der Waals surface area contributed by atoms with Gasteiger partial charge in [0.1, 0.15) is 0 Å². The molecule has 2 aromatic rings. The molecule has 2 amide bonds. The number of nitrogens with zero attached hydrogens (tertiary/aromatic N) is 1. The van der Waals surface area contributed by atoms with Crippen molar-refractivity contribution in [3.05, 3.63) is 54.1 Å². The minimum atomic E-state index is -0.134. The summed E-state index contributed by atoms with van der Waals surface area (Å²) in [6.45, 7) is 5.69. The lowest BCUT2D eigenvalue weighted by Gasteiger charge is -2.35. The van der Waals surface area contributed by atoms with Crippen molar-refractivity contribution < 1.29 is 19.1 Å². The summed E-state index contributed by atoms with van der Waals surface area (Å²) in [5.74, 6) is 1.54. The number of piperidine rings is 1. The van der Waals surface area contributed by atoms with Gasteiger partial charge in [0.15, 0.2) is 11.5 Å². The summed E-state index contributed by atoms with van der Waals surface area (Å²) in [5.41, 5.74) is 1.78. The van der Waals surface area contributed by atoms with Crippen LogP contribution in [0.3, 0.4) is 0 Å². The number of carbonyl (C=O) groups excluding carboxylic acids is 2. The minimum Gasteiger partial charge on any atom is -0.454 e. The molecule has 0 aliphatic carbocycles. The number of nitrogens with one attached hydrogen (secondary N) is 1. The van der Waals surface area contributed by atoms with Crippen LogP contribution in [0.4, 0.5) is 5.69 Å². The lowest BCUT2D eigenvalue weighted by atomic mass is 9.83. The molecule has 2 aliphatic heterocycles. The van der Waals surface area contributed by atoms with Crippen molar-refractivity contribution in [1.29, 1.82) is 0 Å². The van der Waals surface area contributed by atoms with Gasteiger partial charge >= 0.3 is 0 Å². The van der Waals surface area contributed by atoms with Crippen molar-refractivity contribution >= 4 is 17.5 Å². The number of benzene rings is 2. The highest BCUT2D eigenvalue weighted by molar-refractivity contribution is 5.93. The Bertz CT molecular complexity index is 922. The highest BCUT2D eigenvalue weighted by Gasteiger charge is 2.33. The number of hydrogen-bond acceptors (Lipinski definition) is 4. The fraction of sp³-hybridized carbons (Fsp3) is 0.440. The van der Waals surface area contributed by atoms with E-state index in [4.69, 9.17) is 9.47 Å². The van der Waals surface area contributed by atoms with Gasteiger partial charge < -0.3 is 19.7 Å². The third-order valence-corrected chi connectivity index (χ3v) is 6.46. The molecule has 0 aromatic heterocycles. The van der Waals surface area contributed by atoms with Crippen LogP contribution >= 0.6 is 0 Å². The zero-order chi connectivity index (χ0) is 21.8. The second-order valence-electron chi connectivity index (χ2n) is 8.43. The number of carbonyl (C=O) groups is 2. The van der Waals surface area contributed by atoms with Gasteiger partial charge in [-0.3, -0.25) is 9.59 Å². The second kappa shape index (κ2) is 9.41. The fourth-order valence-electron chi connectivity index (χ4n) is 4.39. The Morgan fingerprint density at radius 3 is 2.48 bits per heavy atom. The van der Waals surface area contributed by atoms with Crippen LogP contribution in [0.15, 0.2) is 48.5 Å². The molecule has 0 spiro atoms. The molecule has 31 heavy (non-hydrogen) atoms. The van der Waals surface area contributed by atoms with Gasteiger partial charge in [-0.2, -0.15) is 0 Å². The minimum absolute atomic E-state index is 0.00694. The first-order valence-electron chi connectivity index (χ1n) is 11.1. The van der Waals surface area contributed by atoms with E-state index in [1.807, 2.05) is 41.3 Å². The van der Waals surface area contributed by atoms with E-state index >= 15 is 0 Å². The molecule has 2 atom stereocenters. The zero-order valence-corrected chi connectivity index (χ0v) is 18.2. The van der Waals surface area contributed by atoms with Gasteiger partial charge in [0.05, 0.1) is 5.92 Å². The number of likely N-dealkylation sites (tertiary alicyclic amines) is 1. The Hall–Kier alpha value is -3.02. The number of hydrogen-bond donors (Lipinski definition) is 1. The summed E-state index contributed by atoms with van der Waals surface area (Å²) in [4.78, 5) is 28.1. The van der Waals surface area contributed by atoms with Gasteiger partial charge in [0.2, 0.25) is 18.6 Å². The Labute approximate surface area is 183 Å². The van der Waals surface area contributed by atoms with Gasteiger partial charge in [-0.1, -0.05) is 50.6 Å². The first kappa shape index (κ1) is 21.2. The molecule has 2 aromatic carbocycles. The molecule has 2 aliphatic rings. The molecule has 2 unspecified atom stereocenters. The molecule has 0 bridgehead atoms. The van der Waals surface area contributed by atoms with Crippen LogP contribution in [0.25, 0.3) is 0 Å². The monoisotopic (exact) mass is 422 g/mol. The van der Waals surface area contributed by atoms with E-state index in [9.17, 15) is 9.59 Å². The SMILES string of the molecule is CCC(C)C(C(=O)N1CCC(C(=O)Nc2ccc3c(c2)OCO3)CC1)c1ccccc1. The Morgan fingerprint density at radius 1 is 1.06 bits per heavy atom. The zero-order valence-electron chi connectivity index (χ0n) is 18.2. The summed E-state index contributed by atoms with van der Waals surface area (Å²) in [7, 11) is 0. The van der Waals surface area contributed by atoms with Gasteiger partial charge in [-0.05, 0) is 36.5 Å². The number of fused-ring (bicyclic) bond motifs is 1. The van der Waals surface area contributed by atoms with E-state index in [1.54, 1.807) is 12.1 Å². The Morgan fingerprint density at radius 2 is 1.77 bits per heavy atom. The van der Waals surface area contributed by atoms with E-state index in [0.29, 0.717) is 43.1 Å². The molecular weight excluding hydrogens is 392 g/mol. The molecule has 1 saturated heterocycles. The van der Waals surface area contributed by atoms with Crippen LogP contribution < -0.4 is 14.8 Å². The molecule has 0 saturated carbocycles. The number of rotatable bonds is 6. The molecular formula is C25H30N2O4. The maximum atomic E-state index is 13.4. The Kier molecular flexibility index (Phi) is 6.44. The molecule has 164 valence electrons. The highest BCUT2D eigenvalue weighted by Crippen LogP contribution is 2.35. The van der Waals surface area contributed by atoms with E-state index < -0.39 is 0 Å². The first-order valence-corrected chi connectivity index (χ1v) is 11.1. The average molecular weight is 423 g/mol. The fourth-order valence-corrected chi connectivity index (χ4v) is 4.39. The molecule has 1 fully saturated rings. The van der Waals surface area contributed by atoms with E-state index in [0.717, 1.165) is 12.0 Å². The van der Waals surface area contributed by atoms with Crippen molar-refractivity contribution in [3.63, 3.8) is 0 Å². The molecule has 4 rings (SSSR count). The lowest BCUT2D eigenvalue weighted by molar-refractivity contribution is -0.137. The van der Waals surface area contributed by atoms with Gasteiger partial charge in [-0.15, -0.1) is 0 Å². The van der Waals surface area contributed by atoms with Gasteiger partial charge in [0, 0.05) is 30.8 Å². The molecule has 0 radical (unpaired) electrons. The largest absolute Gasteiger partial charge is 0.454 e. The van der Waals surface area contributed by atoms with Crippen molar-refractivity contribution in [1.82, 2.24) is 4.90 Å². The van der Waals surface area contributed by atoms with Crippen LogP contribution in [-0.4, -0.2) is 36.6 Å². The molecule has 2 heterocycles. The summed E-state index contributed by atoms with van der Waals surface area (Å²) < 4.78 is 10.7. The van der Waals surface area contributed by atoms with Crippen LogP contribution in [0.5, 0.6) is 11.5 Å². The molecule has 6 nitrogen and oxygen atoms in total. The first-order chi connectivity index (χ1) is 15.1. The van der Waals surface area contributed by atoms with Crippen molar-refractivity contribution in [2.45, 2.75) is 39.0 Å². The standard InChI is InChI=1S/C25H30N2O4/c1-3-17(2)23(18-7-5-4-6-8-18)25(29)27-13-11-19(12-14-27)24(28)26-20-9-10-21-22(15-20)31-16-30-21/h4-10,15,17,19,23H,3,11-14,16H2,1-2H3,(H,26,28). The van der Waals surface area contributed by atoms with Crippen LogP contribution in [0.2, 0.25) is 0 Å². The quantitative estimate of drug-likeness (QED) is 0.748. The number of ether oxygens (including phenoxy) is 2. The number of anilines is 1. The van der Waals surface area contributed by atoms with Crippen molar-refractivity contribution in [2.24, 2.45) is 11.8 Å². The van der Waals surface area contributed by atoms with Crippen molar-refractivity contribution in [3.8, 4) is 11.5 Å². The third-order valence-electron chi connectivity index (χ3n) is 6.46. The average Bonchev–Trinajstić information content (AvgIpc) is 3.27. The van der Waals surface area contributed by atoms with Crippen LogP contribution in [0.1, 0.15) is 44.6 Å². The number of amides is 2. The predicted molar refractivity (Wildman–Crippen MR) is 119 cm³/mol. The van der Waals surface area contributed by atoms with E-state index in [1.165, 1.54) is 0 Å².